The van der Waals surface area contributed by atoms with Gasteiger partial charge in [0.2, 0.25) is 0 Å². The molecule has 1 aromatic rings. The van der Waals surface area contributed by atoms with E-state index in [9.17, 15) is 14.0 Å². The lowest BCUT2D eigenvalue weighted by atomic mass is 9.88. The Labute approximate surface area is 148 Å². The van der Waals surface area contributed by atoms with Gasteiger partial charge in [-0.05, 0) is 42.1 Å². The van der Waals surface area contributed by atoms with Crippen molar-refractivity contribution in [2.24, 2.45) is 11.1 Å². The lowest BCUT2D eigenvalue weighted by Gasteiger charge is -2.16. The molecule has 0 aliphatic rings. The number of Topliss-reactive ketones (excluding diaryl/α,β-unsaturated/α-hetero) is 1. The summed E-state index contributed by atoms with van der Waals surface area (Å²) < 4.78 is 14.6. The molecule has 0 aliphatic heterocycles. The highest BCUT2D eigenvalue weighted by molar-refractivity contribution is 9.10. The summed E-state index contributed by atoms with van der Waals surface area (Å²) in [6.45, 7) is 1.95. The molecule has 0 aliphatic carbocycles. The zero-order valence-electron chi connectivity index (χ0n) is 12.9. The molecule has 0 saturated heterocycles. The number of ketones is 1. The van der Waals surface area contributed by atoms with Crippen LogP contribution in [-0.2, 0) is 20.8 Å². The van der Waals surface area contributed by atoms with Crippen molar-refractivity contribution in [2.45, 2.75) is 32.6 Å². The first-order valence-corrected chi connectivity index (χ1v) is 8.35. The van der Waals surface area contributed by atoms with Crippen LogP contribution in [0.2, 0.25) is 0 Å². The standard InChI is InChI=1S/C16H18BrClFNO3/c1-3-4-5-14(21)12(15(16(18)22)20-23-2)8-10-6-7-11(17)9-13(10)19/h6-7,9,12H,3-5,8H2,1-2H3. The number of hydrogen-bond acceptors (Lipinski definition) is 4. The molecular weight excluding hydrogens is 389 g/mol. The Bertz CT molecular complexity index is 607. The maximum atomic E-state index is 14.0. The normalized spacial score (nSPS) is 12.8. The maximum Gasteiger partial charge on any atom is 0.270 e. The number of hydrogen-bond donors (Lipinski definition) is 0. The van der Waals surface area contributed by atoms with Crippen molar-refractivity contribution in [3.05, 3.63) is 34.1 Å². The number of oxime groups is 1. The number of nitrogens with zero attached hydrogens (tertiary/aromatic N) is 1. The minimum absolute atomic E-state index is 0.00230. The van der Waals surface area contributed by atoms with Crippen LogP contribution in [0.25, 0.3) is 0 Å². The summed E-state index contributed by atoms with van der Waals surface area (Å²) in [7, 11) is 1.26. The third-order valence-corrected chi connectivity index (χ3v) is 4.01. The molecule has 1 unspecified atom stereocenters. The lowest BCUT2D eigenvalue weighted by Crippen LogP contribution is -2.30. The fourth-order valence-corrected chi connectivity index (χ4v) is 2.63. The topological polar surface area (TPSA) is 55.7 Å². The molecule has 0 spiro atoms. The summed E-state index contributed by atoms with van der Waals surface area (Å²) in [6.07, 6.45) is 1.78. The van der Waals surface area contributed by atoms with Crippen LogP contribution in [0.15, 0.2) is 27.8 Å². The molecule has 1 atom stereocenters. The van der Waals surface area contributed by atoms with Crippen molar-refractivity contribution < 1.29 is 18.8 Å². The van der Waals surface area contributed by atoms with Gasteiger partial charge in [0.25, 0.3) is 5.24 Å². The number of unbranched alkanes of at least 4 members (excludes halogenated alkanes) is 1. The van der Waals surface area contributed by atoms with E-state index in [2.05, 4.69) is 25.9 Å². The predicted molar refractivity (Wildman–Crippen MR) is 91.1 cm³/mol. The van der Waals surface area contributed by atoms with E-state index in [1.54, 1.807) is 12.1 Å². The average Bonchev–Trinajstić information content (AvgIpc) is 2.50. The molecule has 126 valence electrons. The second kappa shape index (κ2) is 9.78. The van der Waals surface area contributed by atoms with E-state index in [0.717, 1.165) is 6.42 Å². The zero-order chi connectivity index (χ0) is 17.4. The van der Waals surface area contributed by atoms with E-state index in [1.807, 2.05) is 6.92 Å². The molecule has 0 bridgehead atoms. The largest absolute Gasteiger partial charge is 0.399 e. The minimum Gasteiger partial charge on any atom is -0.399 e. The van der Waals surface area contributed by atoms with Gasteiger partial charge >= 0.3 is 0 Å². The van der Waals surface area contributed by atoms with Crippen LogP contribution in [0.3, 0.4) is 0 Å². The van der Waals surface area contributed by atoms with Gasteiger partial charge in [0.1, 0.15) is 24.4 Å². The summed E-state index contributed by atoms with van der Waals surface area (Å²) in [5.41, 5.74) is 0.113. The molecule has 0 radical (unpaired) electrons. The summed E-state index contributed by atoms with van der Waals surface area (Å²) in [6, 6.07) is 4.53. The molecule has 0 amide bonds. The minimum atomic E-state index is -0.929. The highest BCUT2D eigenvalue weighted by Gasteiger charge is 2.30. The first kappa shape index (κ1) is 19.8. The van der Waals surface area contributed by atoms with Crippen LogP contribution < -0.4 is 0 Å². The molecule has 0 aromatic heterocycles. The number of carbonyl (C=O) groups is 2. The predicted octanol–water partition coefficient (Wildman–Crippen LogP) is 4.27. The van der Waals surface area contributed by atoms with E-state index >= 15 is 0 Å². The van der Waals surface area contributed by atoms with Gasteiger partial charge in [0.15, 0.2) is 0 Å². The molecule has 1 aromatic carbocycles. The summed E-state index contributed by atoms with van der Waals surface area (Å²) in [4.78, 5) is 28.6. The Morgan fingerprint density at radius 3 is 2.65 bits per heavy atom. The van der Waals surface area contributed by atoms with Crippen molar-refractivity contribution in [1.82, 2.24) is 0 Å². The van der Waals surface area contributed by atoms with E-state index in [0.29, 0.717) is 16.5 Å². The molecular formula is C16H18BrClFNO3. The molecule has 1 rings (SSSR count). The maximum absolute atomic E-state index is 14.0. The summed E-state index contributed by atoms with van der Waals surface area (Å²) in [5, 5.41) is 2.70. The second-order valence-electron chi connectivity index (χ2n) is 5.00. The molecule has 7 heteroatoms. The zero-order valence-corrected chi connectivity index (χ0v) is 15.3. The number of halogens is 3. The van der Waals surface area contributed by atoms with Gasteiger partial charge in [-0.25, -0.2) is 4.39 Å². The Morgan fingerprint density at radius 2 is 2.13 bits per heavy atom. The third-order valence-electron chi connectivity index (χ3n) is 3.33. The van der Waals surface area contributed by atoms with Gasteiger partial charge in [-0.15, -0.1) is 0 Å². The SMILES string of the molecule is CCCCC(=O)C(Cc1ccc(Br)cc1F)C(=NOC)C(=O)Cl. The van der Waals surface area contributed by atoms with E-state index in [-0.39, 0.29) is 24.3 Å². The molecule has 4 nitrogen and oxygen atoms in total. The van der Waals surface area contributed by atoms with Crippen molar-refractivity contribution in [2.75, 3.05) is 7.11 Å². The quantitative estimate of drug-likeness (QED) is 0.349. The second-order valence-corrected chi connectivity index (χ2v) is 6.25. The van der Waals surface area contributed by atoms with Crippen molar-refractivity contribution in [3.63, 3.8) is 0 Å². The van der Waals surface area contributed by atoms with Gasteiger partial charge in [-0.3, -0.25) is 9.59 Å². The number of carbonyl (C=O) groups excluding carboxylic acids is 2. The highest BCUT2D eigenvalue weighted by Crippen LogP contribution is 2.21. The van der Waals surface area contributed by atoms with Gasteiger partial charge in [-0.1, -0.05) is 40.5 Å². The van der Waals surface area contributed by atoms with Crippen molar-refractivity contribution in [1.29, 1.82) is 0 Å². The van der Waals surface area contributed by atoms with Gasteiger partial charge in [-0.2, -0.15) is 0 Å². The monoisotopic (exact) mass is 405 g/mol. The molecule has 0 saturated carbocycles. The Hall–Kier alpha value is -1.27. The molecule has 0 fully saturated rings. The van der Waals surface area contributed by atoms with E-state index in [1.165, 1.54) is 13.2 Å². The number of benzene rings is 1. The van der Waals surface area contributed by atoms with Crippen LogP contribution in [-0.4, -0.2) is 23.8 Å². The van der Waals surface area contributed by atoms with E-state index in [4.69, 9.17) is 11.6 Å². The average molecular weight is 407 g/mol. The first-order chi connectivity index (χ1) is 10.9. The van der Waals surface area contributed by atoms with Gasteiger partial charge in [0, 0.05) is 10.9 Å². The van der Waals surface area contributed by atoms with Crippen molar-refractivity contribution in [3.8, 4) is 0 Å². The van der Waals surface area contributed by atoms with Crippen LogP contribution in [0.5, 0.6) is 0 Å². The van der Waals surface area contributed by atoms with Crippen LogP contribution in [0.1, 0.15) is 31.7 Å². The number of rotatable bonds is 9. The van der Waals surface area contributed by atoms with Gasteiger partial charge < -0.3 is 4.84 Å². The molecule has 0 heterocycles. The fourth-order valence-electron chi connectivity index (χ4n) is 2.13. The summed E-state index contributed by atoms with van der Waals surface area (Å²) >= 11 is 8.70. The smallest absolute Gasteiger partial charge is 0.270 e. The fraction of sp³-hybridized carbons (Fsp3) is 0.438. The highest BCUT2D eigenvalue weighted by atomic mass is 79.9. The molecule has 0 N–H and O–H groups in total. The summed E-state index contributed by atoms with van der Waals surface area (Å²) in [5.74, 6) is -1.60. The Morgan fingerprint density at radius 1 is 1.43 bits per heavy atom. The Balaban J connectivity index is 3.14. The third kappa shape index (κ3) is 6.03. The van der Waals surface area contributed by atoms with Crippen LogP contribution in [0, 0.1) is 11.7 Å². The van der Waals surface area contributed by atoms with Crippen LogP contribution >= 0.6 is 27.5 Å². The van der Waals surface area contributed by atoms with E-state index < -0.39 is 17.0 Å². The lowest BCUT2D eigenvalue weighted by molar-refractivity contribution is -0.121. The molecule has 23 heavy (non-hydrogen) atoms. The van der Waals surface area contributed by atoms with Crippen molar-refractivity contribution >= 4 is 44.3 Å². The Kier molecular flexibility index (Phi) is 8.41. The first-order valence-electron chi connectivity index (χ1n) is 7.18. The van der Waals surface area contributed by atoms with Crippen LogP contribution in [0.4, 0.5) is 4.39 Å². The van der Waals surface area contributed by atoms with Gasteiger partial charge in [0.05, 0.1) is 5.92 Å².